The largest absolute Gasteiger partial charge is 0.481 e. The lowest BCUT2D eigenvalue weighted by Gasteiger charge is -2.22. The van der Waals surface area contributed by atoms with Gasteiger partial charge in [-0.15, -0.1) is 0 Å². The van der Waals surface area contributed by atoms with E-state index in [1.807, 2.05) is 18.7 Å². The molecule has 4 heteroatoms. The average molecular weight is 231 g/mol. The summed E-state index contributed by atoms with van der Waals surface area (Å²) in [6, 6.07) is 0.576. The second kappa shape index (κ2) is 5.75. The van der Waals surface area contributed by atoms with Crippen molar-refractivity contribution in [3.8, 4) is 0 Å². The maximum atomic E-state index is 10.8. The Morgan fingerprint density at radius 2 is 2.13 bits per heavy atom. The Hall–Kier alpha value is -0.220. The lowest BCUT2D eigenvalue weighted by Crippen LogP contribution is -2.41. The Kier molecular flexibility index (Phi) is 4.93. The van der Waals surface area contributed by atoms with E-state index in [2.05, 4.69) is 11.6 Å². The molecular formula is C11H21NO2S. The van der Waals surface area contributed by atoms with Crippen LogP contribution in [-0.4, -0.2) is 34.7 Å². The summed E-state index contributed by atoms with van der Waals surface area (Å²) in [5.41, 5.74) is 0. The summed E-state index contributed by atoms with van der Waals surface area (Å²) in [4.78, 5) is 10.8. The molecule has 4 unspecified atom stereocenters. The summed E-state index contributed by atoms with van der Waals surface area (Å²) in [7, 11) is 0. The van der Waals surface area contributed by atoms with Crippen LogP contribution in [0.25, 0.3) is 0 Å². The number of carbonyl (C=O) groups is 1. The molecule has 3 nitrogen and oxygen atoms in total. The fourth-order valence-electron chi connectivity index (χ4n) is 2.04. The smallest absolute Gasteiger partial charge is 0.307 e. The van der Waals surface area contributed by atoms with Crippen LogP contribution in [0.1, 0.15) is 33.1 Å². The predicted octanol–water partition coefficient (Wildman–Crippen LogP) is 1.97. The van der Waals surface area contributed by atoms with Crippen molar-refractivity contribution in [2.24, 2.45) is 5.92 Å². The third-order valence-corrected chi connectivity index (χ3v) is 4.45. The standard InChI is InChI=1S/C11H21NO2S/c1-7(11(13)14)8(2)12-9-4-5-10(6-9)15-3/h7-10,12H,4-6H2,1-3H3,(H,13,14). The molecule has 0 saturated heterocycles. The van der Waals surface area contributed by atoms with Crippen LogP contribution in [0, 0.1) is 5.92 Å². The van der Waals surface area contributed by atoms with Gasteiger partial charge in [0.25, 0.3) is 0 Å². The monoisotopic (exact) mass is 231 g/mol. The molecule has 4 atom stereocenters. The molecule has 0 bridgehead atoms. The lowest BCUT2D eigenvalue weighted by atomic mass is 10.0. The number of rotatable bonds is 5. The zero-order valence-electron chi connectivity index (χ0n) is 9.69. The van der Waals surface area contributed by atoms with Gasteiger partial charge in [0.05, 0.1) is 5.92 Å². The van der Waals surface area contributed by atoms with Crippen LogP contribution in [0.2, 0.25) is 0 Å². The number of hydrogen-bond acceptors (Lipinski definition) is 3. The first-order valence-corrected chi connectivity index (χ1v) is 6.85. The van der Waals surface area contributed by atoms with Crippen molar-refractivity contribution >= 4 is 17.7 Å². The molecule has 0 spiro atoms. The van der Waals surface area contributed by atoms with E-state index < -0.39 is 5.97 Å². The van der Waals surface area contributed by atoms with E-state index in [9.17, 15) is 4.79 Å². The molecule has 1 aliphatic rings. The van der Waals surface area contributed by atoms with Crippen LogP contribution in [0.4, 0.5) is 0 Å². The average Bonchev–Trinajstić information content (AvgIpc) is 2.64. The predicted molar refractivity (Wildman–Crippen MR) is 64.3 cm³/mol. The van der Waals surface area contributed by atoms with Crippen LogP contribution in [-0.2, 0) is 4.79 Å². The van der Waals surface area contributed by atoms with Crippen molar-refractivity contribution in [3.63, 3.8) is 0 Å². The van der Waals surface area contributed by atoms with Gasteiger partial charge in [-0.3, -0.25) is 4.79 Å². The van der Waals surface area contributed by atoms with Crippen LogP contribution in [0.3, 0.4) is 0 Å². The van der Waals surface area contributed by atoms with Gasteiger partial charge in [-0.1, -0.05) is 6.92 Å². The van der Waals surface area contributed by atoms with Gasteiger partial charge in [0.2, 0.25) is 0 Å². The molecule has 1 saturated carbocycles. The molecule has 2 N–H and O–H groups in total. The number of carboxylic acid groups (broad SMARTS) is 1. The van der Waals surface area contributed by atoms with E-state index in [1.54, 1.807) is 6.92 Å². The number of thioether (sulfide) groups is 1. The fraction of sp³-hybridized carbons (Fsp3) is 0.909. The minimum Gasteiger partial charge on any atom is -0.481 e. The van der Waals surface area contributed by atoms with Gasteiger partial charge in [-0.05, 0) is 32.4 Å². The van der Waals surface area contributed by atoms with E-state index in [0.717, 1.165) is 5.25 Å². The number of aliphatic carboxylic acids is 1. The van der Waals surface area contributed by atoms with E-state index in [1.165, 1.54) is 19.3 Å². The van der Waals surface area contributed by atoms with E-state index in [4.69, 9.17) is 5.11 Å². The summed E-state index contributed by atoms with van der Waals surface area (Å²) in [5, 5.41) is 13.1. The van der Waals surface area contributed by atoms with Gasteiger partial charge >= 0.3 is 5.97 Å². The second-order valence-corrected chi connectivity index (χ2v) is 5.59. The van der Waals surface area contributed by atoms with E-state index in [0.29, 0.717) is 6.04 Å². The molecule has 0 amide bonds. The third-order valence-electron chi connectivity index (χ3n) is 3.36. The summed E-state index contributed by atoms with van der Waals surface area (Å²) >= 11 is 1.92. The Bertz CT molecular complexity index is 223. The first kappa shape index (κ1) is 12.8. The molecule has 88 valence electrons. The van der Waals surface area contributed by atoms with Gasteiger partial charge in [0, 0.05) is 17.3 Å². The highest BCUT2D eigenvalue weighted by molar-refractivity contribution is 7.99. The molecule has 15 heavy (non-hydrogen) atoms. The van der Waals surface area contributed by atoms with Gasteiger partial charge in [-0.25, -0.2) is 0 Å². The highest BCUT2D eigenvalue weighted by Crippen LogP contribution is 2.28. The minimum absolute atomic E-state index is 0.0631. The lowest BCUT2D eigenvalue weighted by molar-refractivity contribution is -0.142. The minimum atomic E-state index is -0.714. The van der Waals surface area contributed by atoms with Crippen molar-refractivity contribution < 1.29 is 9.90 Å². The number of hydrogen-bond donors (Lipinski definition) is 2. The molecule has 0 aliphatic heterocycles. The quantitative estimate of drug-likeness (QED) is 0.759. The normalized spacial score (nSPS) is 30.1. The van der Waals surface area contributed by atoms with Crippen molar-refractivity contribution in [3.05, 3.63) is 0 Å². The van der Waals surface area contributed by atoms with Crippen molar-refractivity contribution in [1.82, 2.24) is 5.32 Å². The first-order valence-electron chi connectivity index (χ1n) is 5.56. The number of carboxylic acids is 1. The van der Waals surface area contributed by atoms with Gasteiger partial charge in [0.15, 0.2) is 0 Å². The summed E-state index contributed by atoms with van der Waals surface area (Å²) < 4.78 is 0. The molecular weight excluding hydrogens is 210 g/mol. The van der Waals surface area contributed by atoms with Gasteiger partial charge in [-0.2, -0.15) is 11.8 Å². The van der Waals surface area contributed by atoms with Gasteiger partial charge < -0.3 is 10.4 Å². The molecule has 1 fully saturated rings. The SMILES string of the molecule is CSC1CCC(NC(C)C(C)C(=O)O)C1. The molecule has 0 radical (unpaired) electrons. The third kappa shape index (κ3) is 3.68. The van der Waals surface area contributed by atoms with Crippen molar-refractivity contribution in [2.45, 2.75) is 50.4 Å². The second-order valence-electron chi connectivity index (χ2n) is 4.45. The highest BCUT2D eigenvalue weighted by atomic mass is 32.2. The zero-order valence-corrected chi connectivity index (χ0v) is 10.5. The van der Waals surface area contributed by atoms with Crippen LogP contribution >= 0.6 is 11.8 Å². The van der Waals surface area contributed by atoms with E-state index >= 15 is 0 Å². The zero-order chi connectivity index (χ0) is 11.4. The fourth-order valence-corrected chi connectivity index (χ4v) is 2.83. The molecule has 0 heterocycles. The Balaban J connectivity index is 2.33. The Labute approximate surface area is 96.0 Å². The summed E-state index contributed by atoms with van der Waals surface area (Å²) in [5.74, 6) is -1.02. The van der Waals surface area contributed by atoms with Crippen molar-refractivity contribution in [2.75, 3.05) is 6.26 Å². The number of nitrogens with one attached hydrogen (secondary N) is 1. The van der Waals surface area contributed by atoms with Gasteiger partial charge in [0.1, 0.15) is 0 Å². The van der Waals surface area contributed by atoms with Crippen LogP contribution in [0.15, 0.2) is 0 Å². The van der Waals surface area contributed by atoms with E-state index in [-0.39, 0.29) is 12.0 Å². The Morgan fingerprint density at radius 3 is 2.60 bits per heavy atom. The molecule has 0 aromatic heterocycles. The highest BCUT2D eigenvalue weighted by Gasteiger charge is 2.27. The maximum Gasteiger partial charge on any atom is 0.307 e. The summed E-state index contributed by atoms with van der Waals surface area (Å²) in [6.07, 6.45) is 5.77. The Morgan fingerprint density at radius 1 is 1.47 bits per heavy atom. The molecule has 1 aliphatic carbocycles. The molecule has 1 rings (SSSR count). The molecule has 0 aromatic rings. The van der Waals surface area contributed by atoms with Crippen molar-refractivity contribution in [1.29, 1.82) is 0 Å². The first-order chi connectivity index (χ1) is 7.04. The van der Waals surface area contributed by atoms with Crippen LogP contribution in [0.5, 0.6) is 0 Å². The molecule has 0 aromatic carbocycles. The maximum absolute atomic E-state index is 10.8. The topological polar surface area (TPSA) is 49.3 Å². The summed E-state index contributed by atoms with van der Waals surface area (Å²) in [6.45, 7) is 3.73. The van der Waals surface area contributed by atoms with Crippen LogP contribution < -0.4 is 5.32 Å².